The van der Waals surface area contributed by atoms with Crippen molar-refractivity contribution in [3.8, 4) is 0 Å². The van der Waals surface area contributed by atoms with E-state index in [-0.39, 0.29) is 24.0 Å². The summed E-state index contributed by atoms with van der Waals surface area (Å²) in [5.41, 5.74) is 7.26. The van der Waals surface area contributed by atoms with Crippen LogP contribution in [0, 0.1) is 0 Å². The van der Waals surface area contributed by atoms with Gasteiger partial charge in [0, 0.05) is 26.2 Å². The van der Waals surface area contributed by atoms with Gasteiger partial charge in [-0.3, -0.25) is 4.99 Å². The molecule has 1 aromatic rings. The SMILES string of the molecule is CN(C(N)=NCCCCOCCc1ccccc1)C1CC1.I. The highest BCUT2D eigenvalue weighted by Crippen LogP contribution is 2.24. The molecule has 0 radical (unpaired) electrons. The van der Waals surface area contributed by atoms with Crippen molar-refractivity contribution < 1.29 is 4.74 Å². The van der Waals surface area contributed by atoms with Gasteiger partial charge in [-0.2, -0.15) is 0 Å². The molecule has 0 unspecified atom stereocenters. The lowest BCUT2D eigenvalue weighted by Crippen LogP contribution is -2.35. The standard InChI is InChI=1S/C17H27N3O.HI/c1-20(16-9-10-16)17(18)19-12-5-6-13-21-14-11-15-7-3-2-4-8-15;/h2-4,7-8,16H,5-6,9-14H2,1H3,(H2,18,19);1H. The Morgan fingerprint density at radius 2 is 1.95 bits per heavy atom. The first-order chi connectivity index (χ1) is 10.3. The van der Waals surface area contributed by atoms with Gasteiger partial charge >= 0.3 is 0 Å². The maximum atomic E-state index is 5.93. The predicted molar refractivity (Wildman–Crippen MR) is 103 cm³/mol. The number of nitrogens with two attached hydrogens (primary N) is 1. The van der Waals surface area contributed by atoms with E-state index in [1.807, 2.05) is 13.1 Å². The average molecular weight is 417 g/mol. The van der Waals surface area contributed by atoms with Crippen LogP contribution >= 0.6 is 24.0 Å². The predicted octanol–water partition coefficient (Wildman–Crippen LogP) is 3.05. The Hall–Kier alpha value is -0.820. The molecule has 5 heteroatoms. The van der Waals surface area contributed by atoms with Crippen molar-refractivity contribution in [1.82, 2.24) is 4.90 Å². The van der Waals surface area contributed by atoms with Crippen LogP contribution in [0.25, 0.3) is 0 Å². The molecule has 1 aliphatic carbocycles. The Morgan fingerprint density at radius 3 is 2.64 bits per heavy atom. The van der Waals surface area contributed by atoms with Crippen molar-refractivity contribution in [2.75, 3.05) is 26.8 Å². The molecule has 22 heavy (non-hydrogen) atoms. The molecule has 0 aromatic heterocycles. The van der Waals surface area contributed by atoms with Gasteiger partial charge in [0.05, 0.1) is 6.61 Å². The van der Waals surface area contributed by atoms with Crippen LogP contribution in [-0.4, -0.2) is 43.7 Å². The molecule has 1 aromatic carbocycles. The highest BCUT2D eigenvalue weighted by atomic mass is 127. The maximum Gasteiger partial charge on any atom is 0.191 e. The molecule has 4 nitrogen and oxygen atoms in total. The number of ether oxygens (including phenoxy) is 1. The van der Waals surface area contributed by atoms with Gasteiger partial charge in [-0.15, -0.1) is 24.0 Å². The van der Waals surface area contributed by atoms with Crippen molar-refractivity contribution in [3.63, 3.8) is 0 Å². The van der Waals surface area contributed by atoms with Gasteiger partial charge in [-0.25, -0.2) is 0 Å². The number of rotatable bonds is 9. The topological polar surface area (TPSA) is 50.8 Å². The summed E-state index contributed by atoms with van der Waals surface area (Å²) in [6.07, 6.45) is 5.56. The molecular formula is C17H28IN3O. The highest BCUT2D eigenvalue weighted by Gasteiger charge is 2.27. The summed E-state index contributed by atoms with van der Waals surface area (Å²) in [6.45, 7) is 2.39. The van der Waals surface area contributed by atoms with Gasteiger partial charge in [-0.05, 0) is 37.7 Å². The molecule has 1 saturated carbocycles. The zero-order valence-electron chi connectivity index (χ0n) is 13.4. The Kier molecular flexibility index (Phi) is 9.47. The lowest BCUT2D eigenvalue weighted by molar-refractivity contribution is 0.134. The molecule has 1 aliphatic rings. The summed E-state index contributed by atoms with van der Waals surface area (Å²) in [7, 11) is 2.03. The van der Waals surface area contributed by atoms with E-state index in [1.165, 1.54) is 18.4 Å². The third-order valence-electron chi connectivity index (χ3n) is 3.80. The quantitative estimate of drug-likeness (QED) is 0.291. The third-order valence-corrected chi connectivity index (χ3v) is 3.80. The van der Waals surface area contributed by atoms with E-state index in [0.717, 1.165) is 39.0 Å². The van der Waals surface area contributed by atoms with Gasteiger partial charge < -0.3 is 15.4 Å². The Balaban J connectivity index is 0.00000242. The van der Waals surface area contributed by atoms with Crippen LogP contribution in [0.2, 0.25) is 0 Å². The second kappa shape index (κ2) is 10.8. The van der Waals surface area contributed by atoms with Crippen LogP contribution in [0.4, 0.5) is 0 Å². The number of guanidine groups is 1. The Morgan fingerprint density at radius 1 is 1.23 bits per heavy atom. The number of halogens is 1. The zero-order chi connectivity index (χ0) is 14.9. The zero-order valence-corrected chi connectivity index (χ0v) is 15.7. The monoisotopic (exact) mass is 417 g/mol. The van der Waals surface area contributed by atoms with Gasteiger partial charge in [0.15, 0.2) is 5.96 Å². The minimum atomic E-state index is 0. The van der Waals surface area contributed by atoms with E-state index in [9.17, 15) is 0 Å². The van der Waals surface area contributed by atoms with Crippen molar-refractivity contribution in [1.29, 1.82) is 0 Å². The summed E-state index contributed by atoms with van der Waals surface area (Å²) in [4.78, 5) is 6.51. The summed E-state index contributed by atoms with van der Waals surface area (Å²) in [5, 5.41) is 0. The van der Waals surface area contributed by atoms with Crippen LogP contribution < -0.4 is 5.73 Å². The molecular weight excluding hydrogens is 389 g/mol. The molecule has 0 amide bonds. The van der Waals surface area contributed by atoms with Crippen molar-refractivity contribution in [2.45, 2.75) is 38.1 Å². The molecule has 2 rings (SSSR count). The summed E-state index contributed by atoms with van der Waals surface area (Å²) in [6, 6.07) is 11.1. The molecule has 2 N–H and O–H groups in total. The lowest BCUT2D eigenvalue weighted by atomic mass is 10.2. The number of nitrogens with zero attached hydrogens (tertiary/aromatic N) is 2. The molecule has 1 fully saturated rings. The largest absolute Gasteiger partial charge is 0.381 e. The fraction of sp³-hybridized carbons (Fsp3) is 0.588. The molecule has 0 heterocycles. The van der Waals surface area contributed by atoms with Crippen LogP contribution in [0.5, 0.6) is 0 Å². The van der Waals surface area contributed by atoms with Crippen molar-refractivity contribution >= 4 is 29.9 Å². The minimum absolute atomic E-state index is 0. The summed E-state index contributed by atoms with van der Waals surface area (Å²) in [5.74, 6) is 0.683. The summed E-state index contributed by atoms with van der Waals surface area (Å²) < 4.78 is 5.65. The first kappa shape index (κ1) is 19.2. The van der Waals surface area contributed by atoms with Crippen LogP contribution in [0.15, 0.2) is 35.3 Å². The molecule has 0 atom stereocenters. The smallest absolute Gasteiger partial charge is 0.191 e. The lowest BCUT2D eigenvalue weighted by Gasteiger charge is -2.16. The van der Waals surface area contributed by atoms with Crippen molar-refractivity contribution in [2.24, 2.45) is 10.7 Å². The van der Waals surface area contributed by atoms with E-state index in [2.05, 4.69) is 34.2 Å². The minimum Gasteiger partial charge on any atom is -0.381 e. The number of aliphatic imine (C=N–C) groups is 1. The van der Waals surface area contributed by atoms with E-state index in [4.69, 9.17) is 10.5 Å². The number of hydrogen-bond donors (Lipinski definition) is 1. The Bertz CT molecular complexity index is 435. The fourth-order valence-electron chi connectivity index (χ4n) is 2.21. The van der Waals surface area contributed by atoms with Gasteiger partial charge in [0.2, 0.25) is 0 Å². The van der Waals surface area contributed by atoms with E-state index in [0.29, 0.717) is 12.0 Å². The van der Waals surface area contributed by atoms with Gasteiger partial charge in [0.1, 0.15) is 0 Å². The fourth-order valence-corrected chi connectivity index (χ4v) is 2.21. The maximum absolute atomic E-state index is 5.93. The Labute approximate surface area is 151 Å². The van der Waals surface area contributed by atoms with Crippen molar-refractivity contribution in [3.05, 3.63) is 35.9 Å². The van der Waals surface area contributed by atoms with Crippen LogP contribution in [-0.2, 0) is 11.2 Å². The molecule has 0 spiro atoms. The van der Waals surface area contributed by atoms with Gasteiger partial charge in [-0.1, -0.05) is 30.3 Å². The third kappa shape index (κ3) is 7.45. The van der Waals surface area contributed by atoms with Crippen LogP contribution in [0.3, 0.4) is 0 Å². The molecule has 0 aliphatic heterocycles. The number of benzene rings is 1. The first-order valence-electron chi connectivity index (χ1n) is 7.92. The van der Waals surface area contributed by atoms with Gasteiger partial charge in [0.25, 0.3) is 0 Å². The normalized spacial score (nSPS) is 14.5. The molecule has 0 saturated heterocycles. The van der Waals surface area contributed by atoms with E-state index < -0.39 is 0 Å². The number of unbranched alkanes of at least 4 members (excludes halogenated alkanes) is 1. The van der Waals surface area contributed by atoms with E-state index >= 15 is 0 Å². The second-order valence-corrected chi connectivity index (χ2v) is 5.64. The summed E-state index contributed by atoms with van der Waals surface area (Å²) >= 11 is 0. The second-order valence-electron chi connectivity index (χ2n) is 5.64. The highest BCUT2D eigenvalue weighted by molar-refractivity contribution is 14.0. The average Bonchev–Trinajstić information content (AvgIpc) is 3.34. The molecule has 124 valence electrons. The van der Waals surface area contributed by atoms with Crippen LogP contribution in [0.1, 0.15) is 31.2 Å². The molecule has 0 bridgehead atoms. The number of hydrogen-bond acceptors (Lipinski definition) is 2. The first-order valence-corrected chi connectivity index (χ1v) is 7.92. The van der Waals surface area contributed by atoms with E-state index in [1.54, 1.807) is 0 Å².